The van der Waals surface area contributed by atoms with Gasteiger partial charge in [0, 0.05) is 12.3 Å². The lowest BCUT2D eigenvalue weighted by Crippen LogP contribution is -2.15. The summed E-state index contributed by atoms with van der Waals surface area (Å²) in [6.45, 7) is 3.56. The molecule has 0 saturated carbocycles. The number of hydrogen-bond acceptors (Lipinski definition) is 4. The summed E-state index contributed by atoms with van der Waals surface area (Å²) in [5.41, 5.74) is 0.00801. The molecule has 0 aliphatic carbocycles. The van der Waals surface area contributed by atoms with E-state index in [0.717, 1.165) is 6.26 Å². The minimum Gasteiger partial charge on any atom is -0.477 e. The topological polar surface area (TPSA) is 89.3 Å². The molecule has 0 spiro atoms. The first-order chi connectivity index (χ1) is 7.22. The van der Waals surface area contributed by atoms with E-state index in [1.807, 2.05) is 0 Å². The largest absolute Gasteiger partial charge is 0.477 e. The van der Waals surface area contributed by atoms with Crippen molar-refractivity contribution < 1.29 is 18.3 Å². The van der Waals surface area contributed by atoms with E-state index in [1.54, 1.807) is 13.8 Å². The van der Waals surface area contributed by atoms with Gasteiger partial charge in [-0.25, -0.2) is 18.2 Å². The summed E-state index contributed by atoms with van der Waals surface area (Å²) >= 11 is 0. The Hall–Kier alpha value is -1.37. The molecular weight excluding hydrogens is 232 g/mol. The van der Waals surface area contributed by atoms with Gasteiger partial charge in [0.25, 0.3) is 0 Å². The average Bonchev–Trinajstić information content (AvgIpc) is 2.44. The van der Waals surface area contributed by atoms with E-state index in [1.165, 1.54) is 10.8 Å². The van der Waals surface area contributed by atoms with Crippen molar-refractivity contribution in [3.05, 3.63) is 17.7 Å². The minimum absolute atomic E-state index is 0.00801. The van der Waals surface area contributed by atoms with E-state index in [0.29, 0.717) is 0 Å². The number of hydrogen-bond donors (Lipinski definition) is 1. The zero-order chi connectivity index (χ0) is 12.5. The van der Waals surface area contributed by atoms with E-state index in [-0.39, 0.29) is 23.3 Å². The fourth-order valence-corrected chi connectivity index (χ4v) is 2.16. The Morgan fingerprint density at radius 2 is 2.12 bits per heavy atom. The Kier molecular flexibility index (Phi) is 3.37. The normalized spacial score (nSPS) is 12.0. The summed E-state index contributed by atoms with van der Waals surface area (Å²) in [4.78, 5) is 14.7. The smallest absolute Gasteiger partial charge is 0.354 e. The first-order valence-corrected chi connectivity index (χ1v) is 6.75. The lowest BCUT2D eigenvalue weighted by Gasteiger charge is -2.13. The molecule has 1 aromatic heterocycles. The van der Waals surface area contributed by atoms with Crippen LogP contribution >= 0.6 is 0 Å². The maximum Gasteiger partial charge on any atom is 0.354 e. The van der Waals surface area contributed by atoms with Crippen LogP contribution in [0.25, 0.3) is 0 Å². The highest BCUT2D eigenvalue weighted by molar-refractivity contribution is 7.89. The van der Waals surface area contributed by atoms with Crippen LogP contribution in [0.4, 0.5) is 0 Å². The SMILES string of the molecule is CC(C)n1c(C(=O)O)cnc1CS(C)(=O)=O. The summed E-state index contributed by atoms with van der Waals surface area (Å²) < 4.78 is 23.7. The van der Waals surface area contributed by atoms with Crippen LogP contribution in [0.2, 0.25) is 0 Å². The van der Waals surface area contributed by atoms with Crippen molar-refractivity contribution in [1.82, 2.24) is 9.55 Å². The van der Waals surface area contributed by atoms with Gasteiger partial charge in [0.05, 0.1) is 6.20 Å². The first-order valence-electron chi connectivity index (χ1n) is 4.69. The fourth-order valence-electron chi connectivity index (χ4n) is 1.47. The van der Waals surface area contributed by atoms with E-state index < -0.39 is 15.8 Å². The first kappa shape index (κ1) is 12.7. The second-order valence-corrected chi connectivity index (χ2v) is 6.04. The molecule has 7 heteroatoms. The van der Waals surface area contributed by atoms with Gasteiger partial charge in [0.15, 0.2) is 9.84 Å². The number of aromatic nitrogens is 2. The van der Waals surface area contributed by atoms with Crippen molar-refractivity contribution >= 4 is 15.8 Å². The zero-order valence-corrected chi connectivity index (χ0v) is 10.2. The highest BCUT2D eigenvalue weighted by atomic mass is 32.2. The van der Waals surface area contributed by atoms with Crippen molar-refractivity contribution in [2.24, 2.45) is 0 Å². The fraction of sp³-hybridized carbons (Fsp3) is 0.556. The maximum atomic E-state index is 11.2. The molecule has 6 nitrogen and oxygen atoms in total. The summed E-state index contributed by atoms with van der Waals surface area (Å²) in [5, 5.41) is 8.92. The van der Waals surface area contributed by atoms with Crippen LogP contribution in [0.15, 0.2) is 6.20 Å². The van der Waals surface area contributed by atoms with Gasteiger partial charge in [-0.2, -0.15) is 0 Å². The van der Waals surface area contributed by atoms with Crippen molar-refractivity contribution in [2.75, 3.05) is 6.26 Å². The number of sulfone groups is 1. The standard InChI is InChI=1S/C9H14N2O4S/c1-6(2)11-7(9(12)13)4-10-8(11)5-16(3,14)15/h4,6H,5H2,1-3H3,(H,12,13). The molecule has 1 aromatic rings. The molecule has 0 bridgehead atoms. The molecule has 1 N–H and O–H groups in total. The minimum atomic E-state index is -3.22. The van der Waals surface area contributed by atoms with Crippen LogP contribution in [0, 0.1) is 0 Å². The lowest BCUT2D eigenvalue weighted by atomic mass is 10.3. The van der Waals surface area contributed by atoms with Gasteiger partial charge in [-0.15, -0.1) is 0 Å². The summed E-state index contributed by atoms with van der Waals surface area (Å²) in [6, 6.07) is -0.148. The Labute approximate surface area is 93.8 Å². The molecule has 16 heavy (non-hydrogen) atoms. The monoisotopic (exact) mass is 246 g/mol. The molecule has 0 saturated heterocycles. The highest BCUT2D eigenvalue weighted by Crippen LogP contribution is 2.15. The third kappa shape index (κ3) is 2.82. The predicted molar refractivity (Wildman–Crippen MR) is 58.1 cm³/mol. The third-order valence-electron chi connectivity index (χ3n) is 2.00. The Morgan fingerprint density at radius 3 is 2.50 bits per heavy atom. The molecule has 0 aliphatic rings. The number of carboxylic acids is 1. The van der Waals surface area contributed by atoms with E-state index in [2.05, 4.69) is 4.98 Å². The van der Waals surface area contributed by atoms with Gasteiger partial charge in [-0.05, 0) is 13.8 Å². The summed E-state index contributed by atoms with van der Waals surface area (Å²) in [6.07, 6.45) is 2.27. The van der Waals surface area contributed by atoms with Crippen LogP contribution in [0.3, 0.4) is 0 Å². The second-order valence-electron chi connectivity index (χ2n) is 3.90. The van der Waals surface area contributed by atoms with Gasteiger partial charge >= 0.3 is 5.97 Å². The van der Waals surface area contributed by atoms with Crippen molar-refractivity contribution in [3.63, 3.8) is 0 Å². The van der Waals surface area contributed by atoms with Crippen LogP contribution in [-0.2, 0) is 15.6 Å². The van der Waals surface area contributed by atoms with Gasteiger partial charge in [0.1, 0.15) is 17.3 Å². The number of imidazole rings is 1. The lowest BCUT2D eigenvalue weighted by molar-refractivity contribution is 0.0683. The quantitative estimate of drug-likeness (QED) is 0.845. The van der Waals surface area contributed by atoms with E-state index >= 15 is 0 Å². The molecule has 0 atom stereocenters. The van der Waals surface area contributed by atoms with Crippen LogP contribution in [0.1, 0.15) is 36.2 Å². The molecule has 1 rings (SSSR count). The molecular formula is C9H14N2O4S. The van der Waals surface area contributed by atoms with Crippen molar-refractivity contribution in [2.45, 2.75) is 25.6 Å². The molecule has 0 fully saturated rings. The van der Waals surface area contributed by atoms with Crippen molar-refractivity contribution in [1.29, 1.82) is 0 Å². The van der Waals surface area contributed by atoms with Gasteiger partial charge in [-0.1, -0.05) is 0 Å². The molecule has 0 amide bonds. The second kappa shape index (κ2) is 4.25. The van der Waals surface area contributed by atoms with Gasteiger partial charge in [0.2, 0.25) is 0 Å². The van der Waals surface area contributed by atoms with E-state index in [9.17, 15) is 13.2 Å². The number of rotatable bonds is 4. The van der Waals surface area contributed by atoms with E-state index in [4.69, 9.17) is 5.11 Å². The highest BCUT2D eigenvalue weighted by Gasteiger charge is 2.20. The number of nitrogens with zero attached hydrogens (tertiary/aromatic N) is 2. The predicted octanol–water partition coefficient (Wildman–Crippen LogP) is 0.707. The molecule has 0 radical (unpaired) electrons. The van der Waals surface area contributed by atoms with Gasteiger partial charge < -0.3 is 9.67 Å². The molecule has 90 valence electrons. The average molecular weight is 246 g/mol. The van der Waals surface area contributed by atoms with Crippen LogP contribution in [-0.4, -0.2) is 35.3 Å². The molecule has 0 aromatic carbocycles. The number of carbonyl (C=O) groups is 1. The molecule has 0 aliphatic heterocycles. The van der Waals surface area contributed by atoms with Gasteiger partial charge in [-0.3, -0.25) is 0 Å². The summed E-state index contributed by atoms with van der Waals surface area (Å²) in [7, 11) is -3.22. The van der Waals surface area contributed by atoms with Crippen LogP contribution in [0.5, 0.6) is 0 Å². The number of carboxylic acid groups (broad SMARTS) is 1. The Balaban J connectivity index is 3.26. The van der Waals surface area contributed by atoms with Crippen molar-refractivity contribution in [3.8, 4) is 0 Å². The Morgan fingerprint density at radius 1 is 1.56 bits per heavy atom. The maximum absolute atomic E-state index is 11.2. The third-order valence-corrected chi connectivity index (χ3v) is 2.78. The number of aromatic carboxylic acids is 1. The zero-order valence-electron chi connectivity index (χ0n) is 9.34. The molecule has 0 unspecified atom stereocenters. The Bertz CT molecular complexity index is 502. The summed E-state index contributed by atoms with van der Waals surface area (Å²) in [5.74, 6) is -1.10. The van der Waals surface area contributed by atoms with Crippen LogP contribution < -0.4 is 0 Å². The molecule has 1 heterocycles.